The first-order valence-electron chi connectivity index (χ1n) is 5.23. The van der Waals surface area contributed by atoms with Gasteiger partial charge in [-0.2, -0.15) is 24.9 Å². The van der Waals surface area contributed by atoms with Crippen molar-refractivity contribution < 1.29 is 18.0 Å². The SMILES string of the molecule is CC1SCCSC1C(=O)CCCC(F)(F)F. The molecule has 0 spiro atoms. The third-order valence-electron chi connectivity index (χ3n) is 2.39. The number of carbonyl (C=O) groups is 1. The van der Waals surface area contributed by atoms with Crippen LogP contribution in [0.5, 0.6) is 0 Å². The maximum atomic E-state index is 11.9. The van der Waals surface area contributed by atoms with Crippen molar-refractivity contribution in [3.63, 3.8) is 0 Å². The lowest BCUT2D eigenvalue weighted by molar-refractivity contribution is -0.137. The number of halogens is 3. The molecule has 0 saturated carbocycles. The predicted octanol–water partition coefficient (Wildman–Crippen LogP) is 3.53. The van der Waals surface area contributed by atoms with Gasteiger partial charge in [0.15, 0.2) is 0 Å². The first kappa shape index (κ1) is 14.2. The van der Waals surface area contributed by atoms with Crippen molar-refractivity contribution in [3.05, 3.63) is 0 Å². The lowest BCUT2D eigenvalue weighted by Gasteiger charge is -2.26. The monoisotopic (exact) mass is 272 g/mol. The minimum Gasteiger partial charge on any atom is -0.298 e. The lowest BCUT2D eigenvalue weighted by atomic mass is 10.1. The van der Waals surface area contributed by atoms with Crippen LogP contribution in [0.1, 0.15) is 26.2 Å². The van der Waals surface area contributed by atoms with Crippen molar-refractivity contribution in [1.82, 2.24) is 0 Å². The number of Topliss-reactive ketones (excluding diaryl/α,β-unsaturated/α-hetero) is 1. The summed E-state index contributed by atoms with van der Waals surface area (Å²) in [4.78, 5) is 11.7. The van der Waals surface area contributed by atoms with Gasteiger partial charge < -0.3 is 0 Å². The van der Waals surface area contributed by atoms with Crippen LogP contribution < -0.4 is 0 Å². The quantitative estimate of drug-likeness (QED) is 0.779. The molecule has 1 heterocycles. The van der Waals surface area contributed by atoms with Crippen molar-refractivity contribution in [2.45, 2.75) is 42.9 Å². The number of thioether (sulfide) groups is 2. The predicted molar refractivity (Wildman–Crippen MR) is 63.1 cm³/mol. The number of ketones is 1. The normalized spacial score (nSPS) is 26.8. The Morgan fingerprint density at radius 3 is 2.50 bits per heavy atom. The average molecular weight is 272 g/mol. The first-order chi connectivity index (χ1) is 7.40. The summed E-state index contributed by atoms with van der Waals surface area (Å²) >= 11 is 3.32. The van der Waals surface area contributed by atoms with Crippen LogP contribution in [0, 0.1) is 0 Å². The molecule has 1 nitrogen and oxygen atoms in total. The summed E-state index contributed by atoms with van der Waals surface area (Å²) in [7, 11) is 0. The molecule has 0 aromatic rings. The zero-order chi connectivity index (χ0) is 12.2. The van der Waals surface area contributed by atoms with Crippen LogP contribution in [0.25, 0.3) is 0 Å². The van der Waals surface area contributed by atoms with Crippen LogP contribution in [0.2, 0.25) is 0 Å². The molecule has 2 atom stereocenters. The molecule has 0 amide bonds. The molecule has 2 unspecified atom stereocenters. The van der Waals surface area contributed by atoms with Gasteiger partial charge >= 0.3 is 6.18 Å². The van der Waals surface area contributed by atoms with Crippen molar-refractivity contribution in [1.29, 1.82) is 0 Å². The van der Waals surface area contributed by atoms with Crippen LogP contribution in [0.15, 0.2) is 0 Å². The molecule has 1 rings (SSSR count). The molecule has 0 bridgehead atoms. The van der Waals surface area contributed by atoms with Crippen LogP contribution in [-0.2, 0) is 4.79 Å². The Bertz CT molecular complexity index is 243. The fraction of sp³-hybridized carbons (Fsp3) is 0.900. The Hall–Kier alpha value is 0.160. The van der Waals surface area contributed by atoms with E-state index in [2.05, 4.69) is 0 Å². The number of alkyl halides is 3. The van der Waals surface area contributed by atoms with Crippen molar-refractivity contribution in [2.75, 3.05) is 11.5 Å². The summed E-state index contributed by atoms with van der Waals surface area (Å²) < 4.78 is 35.7. The van der Waals surface area contributed by atoms with Gasteiger partial charge in [-0.05, 0) is 6.42 Å². The molecule has 1 aliphatic heterocycles. The fourth-order valence-electron chi connectivity index (χ4n) is 1.59. The largest absolute Gasteiger partial charge is 0.389 e. The van der Waals surface area contributed by atoms with Gasteiger partial charge in [0, 0.05) is 29.6 Å². The molecule has 94 valence electrons. The van der Waals surface area contributed by atoms with E-state index < -0.39 is 12.6 Å². The Labute approximate surface area is 102 Å². The minimum absolute atomic E-state index is 0.0195. The summed E-state index contributed by atoms with van der Waals surface area (Å²) in [6.07, 6.45) is -5.00. The van der Waals surface area contributed by atoms with E-state index in [1.165, 1.54) is 0 Å². The van der Waals surface area contributed by atoms with Gasteiger partial charge in [0.1, 0.15) is 5.78 Å². The molecule has 0 radical (unpaired) electrons. The fourth-order valence-corrected chi connectivity index (χ4v) is 4.36. The van der Waals surface area contributed by atoms with E-state index in [0.29, 0.717) is 0 Å². The average Bonchev–Trinajstić information content (AvgIpc) is 2.16. The summed E-state index contributed by atoms with van der Waals surface area (Å²) in [6.45, 7) is 1.98. The molecule has 1 saturated heterocycles. The van der Waals surface area contributed by atoms with Crippen molar-refractivity contribution >= 4 is 29.3 Å². The van der Waals surface area contributed by atoms with Gasteiger partial charge in [0.05, 0.1) is 5.25 Å². The second-order valence-corrected chi connectivity index (χ2v) is 6.54. The highest BCUT2D eigenvalue weighted by Gasteiger charge is 2.30. The molecule has 6 heteroatoms. The second-order valence-electron chi connectivity index (χ2n) is 3.80. The van der Waals surface area contributed by atoms with Crippen LogP contribution in [0.4, 0.5) is 13.2 Å². The lowest BCUT2D eigenvalue weighted by Crippen LogP contribution is -2.31. The van der Waals surface area contributed by atoms with Crippen LogP contribution >= 0.6 is 23.5 Å². The Morgan fingerprint density at radius 1 is 1.31 bits per heavy atom. The smallest absolute Gasteiger partial charge is 0.298 e. The third-order valence-corrected chi connectivity index (χ3v) is 5.53. The van der Waals surface area contributed by atoms with E-state index >= 15 is 0 Å². The molecular weight excluding hydrogens is 257 g/mol. The van der Waals surface area contributed by atoms with Crippen molar-refractivity contribution in [2.24, 2.45) is 0 Å². The molecule has 1 aliphatic rings. The molecule has 0 aliphatic carbocycles. The Kier molecular flexibility index (Phi) is 5.50. The summed E-state index contributed by atoms with van der Waals surface area (Å²) in [5, 5.41) is 0.129. The first-order valence-corrected chi connectivity index (χ1v) is 7.32. The summed E-state index contributed by atoms with van der Waals surface area (Å²) in [5.74, 6) is 1.93. The third kappa shape index (κ3) is 4.99. The van der Waals surface area contributed by atoms with E-state index in [9.17, 15) is 18.0 Å². The standard InChI is InChI=1S/C10H15F3OS2/c1-7-9(16-6-5-15-7)8(14)3-2-4-10(11,12)13/h7,9H,2-6H2,1H3. The van der Waals surface area contributed by atoms with Gasteiger partial charge in [-0.3, -0.25) is 4.79 Å². The van der Waals surface area contributed by atoms with E-state index in [-0.39, 0.29) is 29.1 Å². The highest BCUT2D eigenvalue weighted by Crippen LogP contribution is 2.33. The topological polar surface area (TPSA) is 17.1 Å². The Morgan fingerprint density at radius 2 is 1.94 bits per heavy atom. The molecule has 0 aromatic carbocycles. The van der Waals surface area contributed by atoms with Crippen molar-refractivity contribution in [3.8, 4) is 0 Å². The summed E-state index contributed by atoms with van der Waals surface area (Å²) in [5.41, 5.74) is 0. The van der Waals surface area contributed by atoms with Crippen LogP contribution in [-0.4, -0.2) is 34.0 Å². The summed E-state index contributed by atoms with van der Waals surface area (Å²) in [6, 6.07) is 0. The van der Waals surface area contributed by atoms with Gasteiger partial charge in [-0.25, -0.2) is 0 Å². The van der Waals surface area contributed by atoms with Gasteiger partial charge in [-0.1, -0.05) is 6.92 Å². The van der Waals surface area contributed by atoms with Gasteiger partial charge in [0.2, 0.25) is 0 Å². The minimum atomic E-state index is -4.14. The maximum absolute atomic E-state index is 11.9. The zero-order valence-corrected chi connectivity index (χ0v) is 10.7. The van der Waals surface area contributed by atoms with E-state index in [1.807, 2.05) is 6.92 Å². The molecular formula is C10H15F3OS2. The van der Waals surface area contributed by atoms with Gasteiger partial charge in [-0.15, -0.1) is 11.8 Å². The van der Waals surface area contributed by atoms with E-state index in [0.717, 1.165) is 11.5 Å². The number of hydrogen-bond acceptors (Lipinski definition) is 3. The maximum Gasteiger partial charge on any atom is 0.389 e. The highest BCUT2D eigenvalue weighted by atomic mass is 32.2. The number of hydrogen-bond donors (Lipinski definition) is 0. The van der Waals surface area contributed by atoms with Crippen LogP contribution in [0.3, 0.4) is 0 Å². The van der Waals surface area contributed by atoms with Gasteiger partial charge in [0.25, 0.3) is 0 Å². The van der Waals surface area contributed by atoms with E-state index in [1.54, 1.807) is 23.5 Å². The zero-order valence-electron chi connectivity index (χ0n) is 9.05. The highest BCUT2D eigenvalue weighted by molar-refractivity contribution is 8.07. The second kappa shape index (κ2) is 6.19. The molecule has 1 fully saturated rings. The molecule has 0 aromatic heterocycles. The number of carbonyl (C=O) groups excluding carboxylic acids is 1. The number of rotatable bonds is 4. The molecule has 0 N–H and O–H groups in total. The van der Waals surface area contributed by atoms with E-state index in [4.69, 9.17) is 0 Å². The Balaban J connectivity index is 2.29. The molecule has 16 heavy (non-hydrogen) atoms.